The summed E-state index contributed by atoms with van der Waals surface area (Å²) in [5.41, 5.74) is 7.09. The number of carbonyl (C=O) groups is 1. The summed E-state index contributed by atoms with van der Waals surface area (Å²) in [4.78, 5) is 11.8. The quantitative estimate of drug-likeness (QED) is 0.767. The summed E-state index contributed by atoms with van der Waals surface area (Å²) in [6.45, 7) is 2.00. The summed E-state index contributed by atoms with van der Waals surface area (Å²) in [7, 11) is 0. The zero-order chi connectivity index (χ0) is 13.1. The molecule has 1 heterocycles. The third-order valence-electron chi connectivity index (χ3n) is 2.56. The van der Waals surface area contributed by atoms with Gasteiger partial charge in [0.05, 0.1) is 11.8 Å². The Bertz CT molecular complexity index is 579. The number of amides is 1. The monoisotopic (exact) mass is 248 g/mol. The Morgan fingerprint density at radius 3 is 3.00 bits per heavy atom. The van der Waals surface area contributed by atoms with Gasteiger partial charge < -0.3 is 11.1 Å². The Labute approximate surface area is 103 Å². The number of aryl methyl sites for hydroxylation is 1. The first kappa shape index (κ1) is 12.1. The van der Waals surface area contributed by atoms with Gasteiger partial charge in [-0.05, 0) is 19.1 Å². The molecule has 0 saturated heterocycles. The Balaban J connectivity index is 2.08. The number of nitrogens with zero attached hydrogens (tertiary/aromatic N) is 1. The lowest BCUT2D eigenvalue weighted by molar-refractivity contribution is 0.0947. The van der Waals surface area contributed by atoms with Crippen LogP contribution in [0.3, 0.4) is 0 Å². The number of carbonyl (C=O) groups excluding carboxylic acids is 1. The SMILES string of the molecule is Cc1ccc(F)c(C(=O)NCc2cn[nH]c2N)c1. The fourth-order valence-corrected chi connectivity index (χ4v) is 1.55. The second-order valence-corrected chi connectivity index (χ2v) is 3.97. The predicted octanol–water partition coefficient (Wildman–Crippen LogP) is 1.37. The molecule has 0 aliphatic rings. The molecule has 0 radical (unpaired) electrons. The first-order chi connectivity index (χ1) is 8.58. The second kappa shape index (κ2) is 4.87. The van der Waals surface area contributed by atoms with Crippen molar-refractivity contribution in [1.29, 1.82) is 0 Å². The zero-order valence-electron chi connectivity index (χ0n) is 9.83. The number of H-pyrrole nitrogens is 1. The number of aromatic amines is 1. The van der Waals surface area contributed by atoms with Gasteiger partial charge in [0.25, 0.3) is 5.91 Å². The molecule has 0 saturated carbocycles. The molecule has 0 fully saturated rings. The van der Waals surface area contributed by atoms with E-state index in [1.165, 1.54) is 18.3 Å². The maximum atomic E-state index is 13.5. The van der Waals surface area contributed by atoms with Crippen molar-refractivity contribution in [2.24, 2.45) is 0 Å². The van der Waals surface area contributed by atoms with Crippen LogP contribution in [0.25, 0.3) is 0 Å². The number of halogens is 1. The van der Waals surface area contributed by atoms with Crippen LogP contribution in [0.1, 0.15) is 21.5 Å². The van der Waals surface area contributed by atoms with Gasteiger partial charge in [0, 0.05) is 12.1 Å². The number of hydrogen-bond acceptors (Lipinski definition) is 3. The number of benzene rings is 1. The molecule has 5 nitrogen and oxygen atoms in total. The summed E-state index contributed by atoms with van der Waals surface area (Å²) in [5, 5.41) is 8.88. The summed E-state index contributed by atoms with van der Waals surface area (Å²) in [5.74, 6) is -0.630. The van der Waals surface area contributed by atoms with Gasteiger partial charge >= 0.3 is 0 Å². The number of anilines is 1. The van der Waals surface area contributed by atoms with Crippen molar-refractivity contribution in [3.63, 3.8) is 0 Å². The fraction of sp³-hybridized carbons (Fsp3) is 0.167. The van der Waals surface area contributed by atoms with E-state index in [0.717, 1.165) is 5.56 Å². The number of nitrogens with two attached hydrogens (primary N) is 1. The van der Waals surface area contributed by atoms with Crippen LogP contribution in [-0.4, -0.2) is 16.1 Å². The van der Waals surface area contributed by atoms with Gasteiger partial charge in [0.1, 0.15) is 11.6 Å². The van der Waals surface area contributed by atoms with Gasteiger partial charge in [-0.25, -0.2) is 4.39 Å². The van der Waals surface area contributed by atoms with Crippen molar-refractivity contribution in [3.8, 4) is 0 Å². The fourth-order valence-electron chi connectivity index (χ4n) is 1.55. The van der Waals surface area contributed by atoms with Crippen LogP contribution in [-0.2, 0) is 6.54 Å². The average Bonchev–Trinajstić information content (AvgIpc) is 2.75. The van der Waals surface area contributed by atoms with Gasteiger partial charge in [-0.3, -0.25) is 9.89 Å². The van der Waals surface area contributed by atoms with E-state index in [9.17, 15) is 9.18 Å². The first-order valence-corrected chi connectivity index (χ1v) is 5.40. The highest BCUT2D eigenvalue weighted by molar-refractivity contribution is 5.94. The van der Waals surface area contributed by atoms with E-state index in [4.69, 9.17) is 5.73 Å². The summed E-state index contributed by atoms with van der Waals surface area (Å²) in [6, 6.07) is 4.39. The van der Waals surface area contributed by atoms with Crippen LogP contribution in [0.4, 0.5) is 10.2 Å². The highest BCUT2D eigenvalue weighted by Crippen LogP contribution is 2.11. The normalized spacial score (nSPS) is 10.3. The molecule has 0 bridgehead atoms. The molecule has 0 unspecified atom stereocenters. The van der Waals surface area contributed by atoms with Crippen molar-refractivity contribution in [1.82, 2.24) is 15.5 Å². The van der Waals surface area contributed by atoms with Crippen LogP contribution in [0.2, 0.25) is 0 Å². The Hall–Kier alpha value is -2.37. The molecular weight excluding hydrogens is 235 g/mol. The second-order valence-electron chi connectivity index (χ2n) is 3.97. The van der Waals surface area contributed by atoms with Gasteiger partial charge in [-0.2, -0.15) is 5.10 Å². The van der Waals surface area contributed by atoms with E-state index >= 15 is 0 Å². The Kier molecular flexibility index (Phi) is 3.27. The van der Waals surface area contributed by atoms with Crippen molar-refractivity contribution < 1.29 is 9.18 Å². The lowest BCUT2D eigenvalue weighted by Crippen LogP contribution is -2.24. The molecule has 0 atom stereocenters. The van der Waals surface area contributed by atoms with Crippen LogP contribution >= 0.6 is 0 Å². The largest absolute Gasteiger partial charge is 0.384 e. The molecule has 0 spiro atoms. The molecule has 0 aliphatic carbocycles. The third kappa shape index (κ3) is 2.48. The lowest BCUT2D eigenvalue weighted by Gasteiger charge is -2.06. The summed E-state index contributed by atoms with van der Waals surface area (Å²) < 4.78 is 13.5. The van der Waals surface area contributed by atoms with Crippen molar-refractivity contribution >= 4 is 11.7 Å². The zero-order valence-corrected chi connectivity index (χ0v) is 9.83. The molecule has 1 amide bonds. The average molecular weight is 248 g/mol. The molecule has 2 rings (SSSR count). The minimum Gasteiger partial charge on any atom is -0.384 e. The van der Waals surface area contributed by atoms with E-state index in [-0.39, 0.29) is 12.1 Å². The van der Waals surface area contributed by atoms with Crippen molar-refractivity contribution in [2.45, 2.75) is 13.5 Å². The van der Waals surface area contributed by atoms with Crippen molar-refractivity contribution in [3.05, 3.63) is 46.9 Å². The smallest absolute Gasteiger partial charge is 0.254 e. The predicted molar refractivity (Wildman–Crippen MR) is 65.3 cm³/mol. The van der Waals surface area contributed by atoms with E-state index in [2.05, 4.69) is 15.5 Å². The third-order valence-corrected chi connectivity index (χ3v) is 2.56. The molecule has 6 heteroatoms. The van der Waals surface area contributed by atoms with Gasteiger partial charge in [0.2, 0.25) is 0 Å². The van der Waals surface area contributed by atoms with Crippen molar-refractivity contribution in [2.75, 3.05) is 5.73 Å². The number of nitrogens with one attached hydrogen (secondary N) is 2. The molecular formula is C12H13FN4O. The molecule has 94 valence electrons. The number of aromatic nitrogens is 2. The molecule has 1 aromatic carbocycles. The van der Waals surface area contributed by atoms with E-state index < -0.39 is 11.7 Å². The molecule has 4 N–H and O–H groups in total. The van der Waals surface area contributed by atoms with Crippen LogP contribution in [0.5, 0.6) is 0 Å². The van der Waals surface area contributed by atoms with Crippen LogP contribution in [0.15, 0.2) is 24.4 Å². The van der Waals surface area contributed by atoms with E-state index in [1.54, 1.807) is 13.0 Å². The molecule has 1 aromatic heterocycles. The highest BCUT2D eigenvalue weighted by Gasteiger charge is 2.12. The van der Waals surface area contributed by atoms with Crippen LogP contribution in [0, 0.1) is 12.7 Å². The van der Waals surface area contributed by atoms with Gasteiger partial charge in [-0.15, -0.1) is 0 Å². The highest BCUT2D eigenvalue weighted by atomic mass is 19.1. The van der Waals surface area contributed by atoms with E-state index in [0.29, 0.717) is 11.4 Å². The number of nitrogen functional groups attached to an aromatic ring is 1. The maximum absolute atomic E-state index is 13.5. The first-order valence-electron chi connectivity index (χ1n) is 5.40. The summed E-state index contributed by atoms with van der Waals surface area (Å²) >= 11 is 0. The number of rotatable bonds is 3. The summed E-state index contributed by atoms with van der Waals surface area (Å²) in [6.07, 6.45) is 1.52. The Morgan fingerprint density at radius 2 is 2.33 bits per heavy atom. The molecule has 0 aliphatic heterocycles. The topological polar surface area (TPSA) is 83.8 Å². The molecule has 18 heavy (non-hydrogen) atoms. The standard InChI is InChI=1S/C12H13FN4O/c1-7-2-3-10(13)9(4-7)12(18)15-5-8-6-16-17-11(8)14/h2-4,6H,5H2,1H3,(H,15,18)(H3,14,16,17). The van der Waals surface area contributed by atoms with E-state index in [1.807, 2.05) is 0 Å². The Morgan fingerprint density at radius 1 is 1.56 bits per heavy atom. The lowest BCUT2D eigenvalue weighted by atomic mass is 10.1. The van der Waals surface area contributed by atoms with Crippen LogP contribution < -0.4 is 11.1 Å². The maximum Gasteiger partial charge on any atom is 0.254 e. The van der Waals surface area contributed by atoms with Gasteiger partial charge in [-0.1, -0.05) is 11.6 Å². The number of hydrogen-bond donors (Lipinski definition) is 3. The molecule has 2 aromatic rings. The minimum absolute atomic E-state index is 0.0251. The minimum atomic E-state index is -0.543. The van der Waals surface area contributed by atoms with Gasteiger partial charge in [0.15, 0.2) is 0 Å².